The Morgan fingerprint density at radius 2 is 2.00 bits per heavy atom. The predicted molar refractivity (Wildman–Crippen MR) is 42.0 cm³/mol. The first-order chi connectivity index (χ1) is 6.00. The molecular weight excluding hydrogens is 176 g/mol. The highest BCUT2D eigenvalue weighted by Gasteiger charge is 2.20. The highest BCUT2D eigenvalue weighted by atomic mass is 16.5. The molecule has 0 amide bonds. The molecule has 5 nitrogen and oxygen atoms in total. The molecule has 0 saturated heterocycles. The summed E-state index contributed by atoms with van der Waals surface area (Å²) in [5.74, 6) is -2.76. The van der Waals surface area contributed by atoms with Crippen LogP contribution in [0.3, 0.4) is 0 Å². The van der Waals surface area contributed by atoms with Gasteiger partial charge in [0.1, 0.15) is 6.10 Å². The van der Waals surface area contributed by atoms with Gasteiger partial charge in [-0.3, -0.25) is 0 Å². The first-order valence-electron chi connectivity index (χ1n) is 3.57. The molecule has 1 aliphatic heterocycles. The third-order valence-electron chi connectivity index (χ3n) is 1.47. The summed E-state index contributed by atoms with van der Waals surface area (Å²) in [5, 5.41) is 17.1. The zero-order chi connectivity index (χ0) is 10.0. The summed E-state index contributed by atoms with van der Waals surface area (Å²) in [7, 11) is 0. The Balaban J connectivity index is 2.98. The maximum absolute atomic E-state index is 10.5. The molecule has 0 saturated carbocycles. The molecule has 13 heavy (non-hydrogen) atoms. The summed E-state index contributed by atoms with van der Waals surface area (Å²) in [6.45, 7) is 1.57. The second kappa shape index (κ2) is 3.30. The van der Waals surface area contributed by atoms with Crippen LogP contribution in [0.15, 0.2) is 23.5 Å². The molecule has 0 spiro atoms. The molecule has 0 aromatic rings. The number of carboxylic acids is 2. The molecule has 1 rings (SSSR count). The standard InChI is InChI=1S/C8H8O5/c1-4-2-5(7(9)10)3-6(13-4)8(11)12/h2-4H,1H3,(H,9,10)(H,11,12). The maximum atomic E-state index is 10.5. The molecule has 0 aliphatic carbocycles. The van der Waals surface area contributed by atoms with Gasteiger partial charge in [0.2, 0.25) is 5.76 Å². The average Bonchev–Trinajstić information content (AvgIpc) is 2.03. The minimum atomic E-state index is -1.27. The molecule has 70 valence electrons. The molecule has 1 aliphatic rings. The summed E-state index contributed by atoms with van der Waals surface area (Å²) in [6.07, 6.45) is 1.81. The maximum Gasteiger partial charge on any atom is 0.371 e. The van der Waals surface area contributed by atoms with Crippen LogP contribution < -0.4 is 0 Å². The third-order valence-corrected chi connectivity index (χ3v) is 1.47. The lowest BCUT2D eigenvalue weighted by Crippen LogP contribution is -2.18. The summed E-state index contributed by atoms with van der Waals surface area (Å²) >= 11 is 0. The smallest absolute Gasteiger partial charge is 0.371 e. The number of carboxylic acid groups (broad SMARTS) is 2. The van der Waals surface area contributed by atoms with Gasteiger partial charge in [-0.15, -0.1) is 0 Å². The van der Waals surface area contributed by atoms with Crippen LogP contribution in [0, 0.1) is 0 Å². The van der Waals surface area contributed by atoms with Crippen LogP contribution in [-0.4, -0.2) is 28.3 Å². The molecule has 0 aromatic heterocycles. The van der Waals surface area contributed by atoms with Crippen LogP contribution in [0.2, 0.25) is 0 Å². The van der Waals surface area contributed by atoms with Crippen molar-refractivity contribution in [2.45, 2.75) is 13.0 Å². The van der Waals surface area contributed by atoms with Crippen molar-refractivity contribution in [1.82, 2.24) is 0 Å². The Morgan fingerprint density at radius 1 is 1.38 bits per heavy atom. The Morgan fingerprint density at radius 3 is 2.46 bits per heavy atom. The van der Waals surface area contributed by atoms with E-state index in [-0.39, 0.29) is 11.3 Å². The fourth-order valence-electron chi connectivity index (χ4n) is 0.956. The molecule has 1 heterocycles. The van der Waals surface area contributed by atoms with E-state index in [2.05, 4.69) is 0 Å². The van der Waals surface area contributed by atoms with Crippen molar-refractivity contribution in [3.8, 4) is 0 Å². The monoisotopic (exact) mass is 184 g/mol. The molecule has 0 aromatic carbocycles. The van der Waals surface area contributed by atoms with E-state index in [1.165, 1.54) is 6.08 Å². The van der Waals surface area contributed by atoms with E-state index in [9.17, 15) is 9.59 Å². The third kappa shape index (κ3) is 2.08. The normalized spacial score (nSPS) is 21.2. The highest BCUT2D eigenvalue weighted by molar-refractivity contribution is 5.94. The van der Waals surface area contributed by atoms with Crippen LogP contribution in [0.5, 0.6) is 0 Å². The van der Waals surface area contributed by atoms with Crippen molar-refractivity contribution in [2.75, 3.05) is 0 Å². The van der Waals surface area contributed by atoms with Gasteiger partial charge in [-0.25, -0.2) is 9.59 Å². The number of hydrogen-bond acceptors (Lipinski definition) is 3. The molecule has 1 atom stereocenters. The molecule has 0 radical (unpaired) electrons. The van der Waals surface area contributed by atoms with Gasteiger partial charge in [0.05, 0.1) is 5.57 Å². The molecular formula is C8H8O5. The quantitative estimate of drug-likeness (QED) is 0.648. The molecule has 1 unspecified atom stereocenters. The van der Waals surface area contributed by atoms with Gasteiger partial charge >= 0.3 is 11.9 Å². The van der Waals surface area contributed by atoms with Gasteiger partial charge in [0.25, 0.3) is 0 Å². The zero-order valence-corrected chi connectivity index (χ0v) is 6.85. The van der Waals surface area contributed by atoms with Gasteiger partial charge in [-0.1, -0.05) is 0 Å². The SMILES string of the molecule is CC1C=C(C(=O)O)C=C(C(=O)O)O1. The lowest BCUT2D eigenvalue weighted by Gasteiger charge is -2.16. The van der Waals surface area contributed by atoms with E-state index in [0.717, 1.165) is 6.08 Å². The van der Waals surface area contributed by atoms with E-state index in [1.54, 1.807) is 6.92 Å². The largest absolute Gasteiger partial charge is 0.479 e. The van der Waals surface area contributed by atoms with Gasteiger partial charge in [-0.2, -0.15) is 0 Å². The summed E-state index contributed by atoms with van der Waals surface area (Å²) in [4.78, 5) is 21.0. The lowest BCUT2D eigenvalue weighted by atomic mass is 10.1. The van der Waals surface area contributed by atoms with Crippen molar-refractivity contribution >= 4 is 11.9 Å². The fraction of sp³-hybridized carbons (Fsp3) is 0.250. The number of aliphatic carboxylic acids is 2. The first kappa shape index (κ1) is 9.31. The minimum Gasteiger partial charge on any atom is -0.479 e. The average molecular weight is 184 g/mol. The lowest BCUT2D eigenvalue weighted by molar-refractivity contribution is -0.137. The Labute approximate surface area is 73.9 Å². The van der Waals surface area contributed by atoms with E-state index in [0.29, 0.717) is 0 Å². The summed E-state index contributed by atoms with van der Waals surface area (Å²) < 4.78 is 4.85. The highest BCUT2D eigenvalue weighted by Crippen LogP contribution is 2.16. The number of ether oxygens (including phenoxy) is 1. The van der Waals surface area contributed by atoms with Crippen molar-refractivity contribution in [2.24, 2.45) is 0 Å². The van der Waals surface area contributed by atoms with E-state index in [4.69, 9.17) is 14.9 Å². The minimum absolute atomic E-state index is 0.0591. The van der Waals surface area contributed by atoms with E-state index in [1.807, 2.05) is 0 Å². The van der Waals surface area contributed by atoms with Crippen molar-refractivity contribution in [3.05, 3.63) is 23.5 Å². The molecule has 2 N–H and O–H groups in total. The van der Waals surface area contributed by atoms with Crippen LogP contribution in [0.25, 0.3) is 0 Å². The Kier molecular flexibility index (Phi) is 2.36. The fourth-order valence-corrected chi connectivity index (χ4v) is 0.956. The van der Waals surface area contributed by atoms with E-state index >= 15 is 0 Å². The second-order valence-electron chi connectivity index (χ2n) is 2.56. The van der Waals surface area contributed by atoms with Crippen molar-refractivity contribution in [1.29, 1.82) is 0 Å². The number of rotatable bonds is 2. The molecule has 0 bridgehead atoms. The van der Waals surface area contributed by atoms with Crippen molar-refractivity contribution in [3.63, 3.8) is 0 Å². The molecule has 0 fully saturated rings. The number of carbonyl (C=O) groups is 2. The Bertz CT molecular complexity index is 312. The van der Waals surface area contributed by atoms with Gasteiger partial charge < -0.3 is 14.9 Å². The summed E-state index contributed by atoms with van der Waals surface area (Å²) in [5.41, 5.74) is -0.0591. The van der Waals surface area contributed by atoms with Gasteiger partial charge in [-0.05, 0) is 13.0 Å². The van der Waals surface area contributed by atoms with Crippen LogP contribution >= 0.6 is 0 Å². The van der Waals surface area contributed by atoms with Crippen molar-refractivity contribution < 1.29 is 24.5 Å². The van der Waals surface area contributed by atoms with Crippen LogP contribution in [-0.2, 0) is 14.3 Å². The van der Waals surface area contributed by atoms with Gasteiger partial charge in [0, 0.05) is 6.08 Å². The molecule has 5 heteroatoms. The van der Waals surface area contributed by atoms with Crippen LogP contribution in [0.4, 0.5) is 0 Å². The van der Waals surface area contributed by atoms with Gasteiger partial charge in [0.15, 0.2) is 0 Å². The van der Waals surface area contributed by atoms with Crippen LogP contribution in [0.1, 0.15) is 6.92 Å². The second-order valence-corrected chi connectivity index (χ2v) is 2.56. The summed E-state index contributed by atoms with van der Waals surface area (Å²) in [6, 6.07) is 0. The van der Waals surface area contributed by atoms with E-state index < -0.39 is 18.0 Å². The zero-order valence-electron chi connectivity index (χ0n) is 6.85. The Hall–Kier alpha value is -1.78. The topological polar surface area (TPSA) is 83.8 Å². The first-order valence-corrected chi connectivity index (χ1v) is 3.57. The number of hydrogen-bond donors (Lipinski definition) is 2. The predicted octanol–water partition coefficient (Wildman–Crippen LogP) is 0.385.